The van der Waals surface area contributed by atoms with Crippen LogP contribution in [0.3, 0.4) is 0 Å². The van der Waals surface area contributed by atoms with Crippen LogP contribution in [-0.4, -0.2) is 66.7 Å². The van der Waals surface area contributed by atoms with Gasteiger partial charge in [0.25, 0.3) is 22.7 Å². The molecule has 0 bridgehead atoms. The van der Waals surface area contributed by atoms with E-state index in [0.717, 1.165) is 40.6 Å². The number of aryl methyl sites for hydroxylation is 1. The van der Waals surface area contributed by atoms with Crippen molar-refractivity contribution in [3.8, 4) is 16.9 Å². The van der Waals surface area contributed by atoms with Gasteiger partial charge in [-0.25, -0.2) is 22.6 Å². The molecular weight excluding hydrogens is 589 g/mol. The summed E-state index contributed by atoms with van der Waals surface area (Å²) in [6.45, 7) is 1.13. The van der Waals surface area contributed by atoms with E-state index in [-0.39, 0.29) is 34.2 Å². The number of sulfonamides is 1. The van der Waals surface area contributed by atoms with Crippen LogP contribution in [-0.2, 0) is 35.3 Å². The van der Waals surface area contributed by atoms with E-state index in [1.807, 2.05) is 11.6 Å². The number of rotatable bonds is 9. The van der Waals surface area contributed by atoms with E-state index in [1.54, 1.807) is 24.3 Å². The Morgan fingerprint density at radius 3 is 2.40 bits per heavy atom. The minimum absolute atomic E-state index is 0.0498. The topological polar surface area (TPSA) is 167 Å². The number of nitrogens with zero attached hydrogens (tertiary/aromatic N) is 5. The number of amides is 1. The molecule has 1 amide bonds. The van der Waals surface area contributed by atoms with Crippen molar-refractivity contribution in [2.45, 2.75) is 30.5 Å². The van der Waals surface area contributed by atoms with Gasteiger partial charge in [0, 0.05) is 12.0 Å². The van der Waals surface area contributed by atoms with Crippen molar-refractivity contribution in [3.63, 3.8) is 0 Å². The monoisotopic (exact) mass is 612 g/mol. The molecular formula is C24H23F3N6O8S. The smallest absolute Gasteiger partial charge is 0.510 e. The Morgan fingerprint density at radius 1 is 1.17 bits per heavy atom. The molecule has 1 N–H and O–H groups in total. The third-order valence-corrected chi connectivity index (χ3v) is 7.37. The molecule has 2 aromatic carbocycles. The molecule has 1 saturated heterocycles. The summed E-state index contributed by atoms with van der Waals surface area (Å²) in [5, 5.41) is 19.7. The lowest BCUT2D eigenvalue weighted by Crippen LogP contribution is -2.59. The Balaban J connectivity index is 1.48. The van der Waals surface area contributed by atoms with Crippen molar-refractivity contribution < 1.29 is 50.5 Å². The fraction of sp³-hybridized carbons (Fsp3) is 0.292. The molecule has 3 aromatic rings. The van der Waals surface area contributed by atoms with Crippen molar-refractivity contribution in [1.29, 1.82) is 0 Å². The molecule has 1 aliphatic heterocycles. The molecule has 2 heterocycles. The zero-order valence-electron chi connectivity index (χ0n) is 21.9. The number of hydrogen-bond donors (Lipinski definition) is 1. The molecule has 1 aliphatic rings. The van der Waals surface area contributed by atoms with Crippen LogP contribution < -0.4 is 4.72 Å². The van der Waals surface area contributed by atoms with Gasteiger partial charge in [-0.15, -0.1) is 5.01 Å². The number of hydrazine groups is 1. The highest BCUT2D eigenvalue weighted by Crippen LogP contribution is 2.33. The molecule has 18 heteroatoms. The first-order valence-electron chi connectivity index (χ1n) is 12.0. The van der Waals surface area contributed by atoms with Crippen LogP contribution in [0.25, 0.3) is 16.9 Å². The Labute approximate surface area is 236 Å². The van der Waals surface area contributed by atoms with E-state index >= 15 is 0 Å². The Bertz CT molecular complexity index is 1590. The molecule has 1 fully saturated rings. The highest BCUT2D eigenvalue weighted by atomic mass is 32.2. The zero-order chi connectivity index (χ0) is 30.7. The fourth-order valence-corrected chi connectivity index (χ4v) is 4.78. The summed E-state index contributed by atoms with van der Waals surface area (Å²) in [7, 11) is -3.38. The number of benzene rings is 2. The molecule has 1 atom stereocenters. The molecule has 0 radical (unpaired) electrons. The second-order valence-electron chi connectivity index (χ2n) is 8.80. The highest BCUT2D eigenvalue weighted by molar-refractivity contribution is 7.90. The summed E-state index contributed by atoms with van der Waals surface area (Å²) in [6, 6.07) is 11.1. The van der Waals surface area contributed by atoms with Gasteiger partial charge in [-0.3, -0.25) is 4.79 Å². The van der Waals surface area contributed by atoms with Crippen molar-refractivity contribution >= 4 is 22.1 Å². The van der Waals surface area contributed by atoms with Gasteiger partial charge in [0.1, 0.15) is 0 Å². The van der Waals surface area contributed by atoms with E-state index < -0.39 is 46.8 Å². The average Bonchev–Trinajstić information content (AvgIpc) is 3.37. The number of nitrogens with one attached hydrogen (secondary N) is 1. The first-order valence-corrected chi connectivity index (χ1v) is 13.5. The highest BCUT2D eigenvalue weighted by Gasteiger charge is 2.42. The van der Waals surface area contributed by atoms with E-state index in [9.17, 15) is 36.4 Å². The normalized spacial score (nSPS) is 15.5. The van der Waals surface area contributed by atoms with Crippen molar-refractivity contribution in [3.05, 3.63) is 71.1 Å². The third-order valence-electron chi connectivity index (χ3n) is 6.01. The van der Waals surface area contributed by atoms with Crippen molar-refractivity contribution in [2.75, 3.05) is 20.4 Å². The van der Waals surface area contributed by atoms with Crippen LogP contribution in [0, 0.1) is 12.1 Å². The molecule has 224 valence electrons. The minimum Gasteiger partial charge on any atom is -0.569 e. The molecule has 0 saturated carbocycles. The first-order chi connectivity index (χ1) is 19.8. The van der Waals surface area contributed by atoms with E-state index in [2.05, 4.69) is 24.7 Å². The van der Waals surface area contributed by atoms with Gasteiger partial charge in [0.15, 0.2) is 11.7 Å². The van der Waals surface area contributed by atoms with Gasteiger partial charge in [-0.1, -0.05) is 29.8 Å². The Kier molecular flexibility index (Phi) is 8.55. The number of carbonyl (C=O) groups is 2. The van der Waals surface area contributed by atoms with Gasteiger partial charge in [-0.2, -0.15) is 18.3 Å². The largest absolute Gasteiger partial charge is 0.569 e. The van der Waals surface area contributed by atoms with E-state index in [4.69, 9.17) is 0 Å². The zero-order valence-corrected chi connectivity index (χ0v) is 22.8. The lowest BCUT2D eigenvalue weighted by Gasteiger charge is -2.33. The van der Waals surface area contributed by atoms with Gasteiger partial charge in [0.2, 0.25) is 5.28 Å². The molecule has 42 heavy (non-hydrogen) atoms. The second kappa shape index (κ2) is 11.9. The summed E-state index contributed by atoms with van der Waals surface area (Å²) in [4.78, 5) is 27.5. The van der Waals surface area contributed by atoms with Crippen LogP contribution >= 0.6 is 0 Å². The van der Waals surface area contributed by atoms with Gasteiger partial charge in [0.05, 0.1) is 34.9 Å². The number of alkyl halides is 3. The average molecular weight is 613 g/mol. The molecule has 0 aliphatic carbocycles. The predicted octanol–water partition coefficient (Wildman–Crippen LogP) is 3.30. The number of ether oxygens (including phenoxy) is 2. The van der Waals surface area contributed by atoms with Gasteiger partial charge >= 0.3 is 12.3 Å². The van der Waals surface area contributed by atoms with E-state index in [0.29, 0.717) is 5.56 Å². The number of carbonyl (C=O) groups excluding carboxylic acids is 2. The maximum absolute atomic E-state index is 13.5. The summed E-state index contributed by atoms with van der Waals surface area (Å²) in [6.07, 6.45) is -5.68. The lowest BCUT2D eigenvalue weighted by atomic mass is 10.1. The number of aromatic nitrogens is 2. The van der Waals surface area contributed by atoms with Crippen molar-refractivity contribution in [2.24, 2.45) is 5.28 Å². The second-order valence-corrected chi connectivity index (χ2v) is 10.5. The lowest BCUT2D eigenvalue weighted by molar-refractivity contribution is -0.729. The maximum atomic E-state index is 13.5. The molecule has 4 rings (SSSR count). The van der Waals surface area contributed by atoms with Crippen LogP contribution in [0.2, 0.25) is 0 Å². The SMILES string of the molecule is COC(=O)OCON=[N+]([O-])N1CC[C@H]1C(=O)NS(=O)(=O)c1ccc(-n2nc(C(F)(F)F)cc2-c2ccc(C)cc2)cc1. The van der Waals surface area contributed by atoms with Crippen molar-refractivity contribution in [1.82, 2.24) is 19.5 Å². The predicted molar refractivity (Wildman–Crippen MR) is 135 cm³/mol. The van der Waals surface area contributed by atoms with Crippen LogP contribution in [0.15, 0.2) is 64.8 Å². The third kappa shape index (κ3) is 6.70. The molecule has 0 spiro atoms. The molecule has 1 aromatic heterocycles. The summed E-state index contributed by atoms with van der Waals surface area (Å²) < 4.78 is 77.5. The first kappa shape index (κ1) is 30.1. The van der Waals surface area contributed by atoms with E-state index in [1.165, 1.54) is 12.1 Å². The Morgan fingerprint density at radius 2 is 1.83 bits per heavy atom. The number of hydrogen-bond acceptors (Lipinski definition) is 10. The summed E-state index contributed by atoms with van der Waals surface area (Å²) in [5.41, 5.74) is 0.491. The molecule has 14 nitrogen and oxygen atoms in total. The maximum Gasteiger partial charge on any atom is 0.510 e. The number of methoxy groups -OCH3 is 1. The van der Waals surface area contributed by atoms with Crippen LogP contribution in [0.1, 0.15) is 17.7 Å². The molecule has 0 unspecified atom stereocenters. The fourth-order valence-electron chi connectivity index (χ4n) is 3.77. The summed E-state index contributed by atoms with van der Waals surface area (Å²) in [5.74, 6) is -1.03. The minimum atomic E-state index is -4.72. The standard InChI is InChI=1S/C24H23F3N6O8S/c1-15-3-5-16(6-4-15)20-13-21(24(25,26)27)28-32(20)17-7-9-18(10-8-17)42(37,38)29-22(34)19-11-12-31(19)33(36)30-41-14-40-23(35)39-2/h3-10,13,19H,11-12,14H2,1-2H3,(H,29,34)/t19-/m0/s1. The Hall–Kier alpha value is -4.87. The van der Waals surface area contributed by atoms with Crippen LogP contribution in [0.4, 0.5) is 18.0 Å². The quantitative estimate of drug-likeness (QED) is 0.0946. The van der Waals surface area contributed by atoms with Gasteiger partial charge in [-0.05, 0) is 37.3 Å². The number of halogens is 3. The van der Waals surface area contributed by atoms with Gasteiger partial charge < -0.3 is 19.5 Å². The van der Waals surface area contributed by atoms with Crippen LogP contribution in [0.5, 0.6) is 0 Å². The summed E-state index contributed by atoms with van der Waals surface area (Å²) >= 11 is 0.